The normalized spacial score (nSPS) is 10.7. The molecule has 27 heavy (non-hydrogen) atoms. The number of carbonyl (C=O) groups excluding carboxylic acids is 1. The van der Waals surface area contributed by atoms with Gasteiger partial charge in [0.1, 0.15) is 11.5 Å². The van der Waals surface area contributed by atoms with Crippen LogP contribution in [0.2, 0.25) is 0 Å². The molecule has 1 amide bonds. The molecule has 0 aliphatic carbocycles. The number of ether oxygens (including phenoxy) is 2. The molecule has 0 aliphatic heterocycles. The summed E-state index contributed by atoms with van der Waals surface area (Å²) in [7, 11) is 3.13. The van der Waals surface area contributed by atoms with Crippen molar-refractivity contribution in [1.29, 1.82) is 0 Å². The van der Waals surface area contributed by atoms with Crippen molar-refractivity contribution in [3.63, 3.8) is 0 Å². The summed E-state index contributed by atoms with van der Waals surface area (Å²) in [6.07, 6.45) is 1.65. The third-order valence-electron chi connectivity index (χ3n) is 4.41. The molecule has 2 aromatic carbocycles. The molecule has 1 N–H and O–H groups in total. The van der Waals surface area contributed by atoms with E-state index in [1.165, 1.54) is 0 Å². The topological polar surface area (TPSA) is 73.3 Å². The highest BCUT2D eigenvalue weighted by Gasteiger charge is 2.13. The van der Waals surface area contributed by atoms with Crippen molar-refractivity contribution in [3.8, 4) is 11.5 Å². The standard InChI is InChI=1S/C21H23N3O3/c1-5-15-16(6-2)23-19-11-13(7-9-17(19)22-15)21(25)24-18-10-8-14(26-3)12-20(18)27-4/h7-12H,5-6H2,1-4H3,(H,24,25). The zero-order valence-corrected chi connectivity index (χ0v) is 16.0. The lowest BCUT2D eigenvalue weighted by Crippen LogP contribution is -2.13. The maximum Gasteiger partial charge on any atom is 0.255 e. The number of hydrogen-bond donors (Lipinski definition) is 1. The number of amides is 1. The van der Waals surface area contributed by atoms with Gasteiger partial charge in [-0.1, -0.05) is 13.8 Å². The van der Waals surface area contributed by atoms with Crippen LogP contribution in [0.15, 0.2) is 36.4 Å². The molecule has 6 heteroatoms. The Morgan fingerprint density at radius 1 is 0.926 bits per heavy atom. The summed E-state index contributed by atoms with van der Waals surface area (Å²) in [5, 5.41) is 2.88. The molecule has 6 nitrogen and oxygen atoms in total. The molecule has 140 valence electrons. The van der Waals surface area contributed by atoms with Gasteiger partial charge in [0.25, 0.3) is 5.91 Å². The molecule has 0 bridgehead atoms. The van der Waals surface area contributed by atoms with Crippen molar-refractivity contribution >= 4 is 22.6 Å². The van der Waals surface area contributed by atoms with Crippen LogP contribution in [-0.4, -0.2) is 30.1 Å². The lowest BCUT2D eigenvalue weighted by atomic mass is 10.1. The van der Waals surface area contributed by atoms with Gasteiger partial charge in [-0.25, -0.2) is 9.97 Å². The number of nitrogens with one attached hydrogen (secondary N) is 1. The summed E-state index contributed by atoms with van der Waals surface area (Å²) in [6, 6.07) is 10.6. The van der Waals surface area contributed by atoms with Crippen LogP contribution in [-0.2, 0) is 12.8 Å². The monoisotopic (exact) mass is 365 g/mol. The summed E-state index contributed by atoms with van der Waals surface area (Å²) in [4.78, 5) is 22.1. The number of hydrogen-bond acceptors (Lipinski definition) is 5. The Balaban J connectivity index is 1.92. The molecular formula is C21H23N3O3. The van der Waals surface area contributed by atoms with Crippen LogP contribution < -0.4 is 14.8 Å². The zero-order valence-electron chi connectivity index (χ0n) is 16.0. The van der Waals surface area contributed by atoms with E-state index in [0.29, 0.717) is 22.7 Å². The predicted octanol–water partition coefficient (Wildman–Crippen LogP) is 4.02. The van der Waals surface area contributed by atoms with Crippen LogP contribution in [0.3, 0.4) is 0 Å². The minimum Gasteiger partial charge on any atom is -0.497 e. The van der Waals surface area contributed by atoms with Gasteiger partial charge in [0, 0.05) is 11.6 Å². The molecule has 0 saturated heterocycles. The number of nitrogens with zero attached hydrogens (tertiary/aromatic N) is 2. The number of fused-ring (bicyclic) bond motifs is 1. The van der Waals surface area contributed by atoms with E-state index in [0.717, 1.165) is 35.3 Å². The molecule has 0 saturated carbocycles. The van der Waals surface area contributed by atoms with Crippen LogP contribution in [0.4, 0.5) is 5.69 Å². The van der Waals surface area contributed by atoms with E-state index in [-0.39, 0.29) is 5.91 Å². The third kappa shape index (κ3) is 3.84. The highest BCUT2D eigenvalue weighted by molar-refractivity contribution is 6.06. The third-order valence-corrected chi connectivity index (χ3v) is 4.41. The molecule has 1 heterocycles. The second kappa shape index (κ2) is 8.03. The van der Waals surface area contributed by atoms with Gasteiger partial charge < -0.3 is 14.8 Å². The van der Waals surface area contributed by atoms with Crippen LogP contribution >= 0.6 is 0 Å². The number of aromatic nitrogens is 2. The van der Waals surface area contributed by atoms with Gasteiger partial charge in [-0.2, -0.15) is 0 Å². The van der Waals surface area contributed by atoms with Crippen molar-refractivity contribution in [2.75, 3.05) is 19.5 Å². The maximum atomic E-state index is 12.7. The number of benzene rings is 2. The quantitative estimate of drug-likeness (QED) is 0.714. The van der Waals surface area contributed by atoms with Gasteiger partial charge in [-0.3, -0.25) is 4.79 Å². The molecule has 0 aliphatic rings. The number of anilines is 1. The van der Waals surface area contributed by atoms with E-state index in [4.69, 9.17) is 9.47 Å². The maximum absolute atomic E-state index is 12.7. The minimum absolute atomic E-state index is 0.236. The highest BCUT2D eigenvalue weighted by atomic mass is 16.5. The van der Waals surface area contributed by atoms with Crippen LogP contribution in [0, 0.1) is 0 Å². The molecule has 0 fully saturated rings. The van der Waals surface area contributed by atoms with E-state index < -0.39 is 0 Å². The van der Waals surface area contributed by atoms with E-state index in [9.17, 15) is 4.79 Å². The predicted molar refractivity (Wildman–Crippen MR) is 106 cm³/mol. The first-order valence-electron chi connectivity index (χ1n) is 8.92. The number of aryl methyl sites for hydroxylation is 2. The summed E-state index contributed by atoms with van der Waals surface area (Å²) in [5.74, 6) is 0.952. The Bertz CT molecular complexity index is 986. The lowest BCUT2D eigenvalue weighted by molar-refractivity contribution is 0.102. The van der Waals surface area contributed by atoms with Crippen LogP contribution in [0.25, 0.3) is 11.0 Å². The molecule has 0 radical (unpaired) electrons. The zero-order chi connectivity index (χ0) is 19.4. The molecule has 0 spiro atoms. The van der Waals surface area contributed by atoms with Gasteiger partial charge in [-0.15, -0.1) is 0 Å². The van der Waals surface area contributed by atoms with Gasteiger partial charge in [0.05, 0.1) is 42.3 Å². The van der Waals surface area contributed by atoms with Crippen molar-refractivity contribution in [2.45, 2.75) is 26.7 Å². The molecule has 3 rings (SSSR count). The van der Waals surface area contributed by atoms with E-state index in [1.54, 1.807) is 44.6 Å². The van der Waals surface area contributed by atoms with Crippen molar-refractivity contribution < 1.29 is 14.3 Å². The van der Waals surface area contributed by atoms with E-state index in [2.05, 4.69) is 29.1 Å². The Kier molecular flexibility index (Phi) is 5.54. The highest BCUT2D eigenvalue weighted by Crippen LogP contribution is 2.29. The molecular weight excluding hydrogens is 342 g/mol. The van der Waals surface area contributed by atoms with E-state index in [1.807, 2.05) is 6.07 Å². The summed E-state index contributed by atoms with van der Waals surface area (Å²) < 4.78 is 10.5. The fraction of sp³-hybridized carbons (Fsp3) is 0.286. The van der Waals surface area contributed by atoms with Crippen LogP contribution in [0.5, 0.6) is 11.5 Å². The smallest absolute Gasteiger partial charge is 0.255 e. The Morgan fingerprint density at radius 3 is 2.26 bits per heavy atom. The summed E-state index contributed by atoms with van der Waals surface area (Å²) in [5.41, 5.74) is 4.58. The second-order valence-corrected chi connectivity index (χ2v) is 6.05. The van der Waals surface area contributed by atoms with E-state index >= 15 is 0 Å². The first-order valence-corrected chi connectivity index (χ1v) is 8.92. The average Bonchev–Trinajstić information content (AvgIpc) is 2.72. The number of rotatable bonds is 6. The fourth-order valence-corrected chi connectivity index (χ4v) is 2.93. The molecule has 0 unspecified atom stereocenters. The van der Waals surface area contributed by atoms with Crippen molar-refractivity contribution in [2.24, 2.45) is 0 Å². The minimum atomic E-state index is -0.236. The van der Waals surface area contributed by atoms with Crippen molar-refractivity contribution in [3.05, 3.63) is 53.3 Å². The molecule has 3 aromatic rings. The first kappa shape index (κ1) is 18.6. The average molecular weight is 365 g/mol. The second-order valence-electron chi connectivity index (χ2n) is 6.05. The number of methoxy groups -OCH3 is 2. The lowest BCUT2D eigenvalue weighted by Gasteiger charge is -2.12. The fourth-order valence-electron chi connectivity index (χ4n) is 2.93. The van der Waals surface area contributed by atoms with Gasteiger partial charge in [0.2, 0.25) is 0 Å². The van der Waals surface area contributed by atoms with Gasteiger partial charge >= 0.3 is 0 Å². The SMILES string of the molecule is CCc1nc2ccc(C(=O)Nc3ccc(OC)cc3OC)cc2nc1CC. The molecule has 1 aromatic heterocycles. The largest absolute Gasteiger partial charge is 0.497 e. The Hall–Kier alpha value is -3.15. The van der Waals surface area contributed by atoms with Crippen molar-refractivity contribution in [1.82, 2.24) is 9.97 Å². The summed E-state index contributed by atoms with van der Waals surface area (Å²) in [6.45, 7) is 4.13. The first-order chi connectivity index (χ1) is 13.1. The summed E-state index contributed by atoms with van der Waals surface area (Å²) >= 11 is 0. The van der Waals surface area contributed by atoms with Gasteiger partial charge in [0.15, 0.2) is 0 Å². The van der Waals surface area contributed by atoms with Gasteiger partial charge in [-0.05, 0) is 43.2 Å². The number of carbonyl (C=O) groups is 1. The Morgan fingerprint density at radius 2 is 1.63 bits per heavy atom. The molecule has 0 atom stereocenters. The Labute approximate surface area is 158 Å². The van der Waals surface area contributed by atoms with Crippen LogP contribution in [0.1, 0.15) is 35.6 Å².